The largest absolute Gasteiger partial charge is 0.452 e. The van der Waals surface area contributed by atoms with Crippen LogP contribution in [0.15, 0.2) is 0 Å². The summed E-state index contributed by atoms with van der Waals surface area (Å²) in [6, 6.07) is 1.00. The van der Waals surface area contributed by atoms with E-state index >= 15 is 0 Å². The zero-order valence-electron chi connectivity index (χ0n) is 10.9. The van der Waals surface area contributed by atoms with E-state index < -0.39 is 0 Å². The molecule has 0 spiro atoms. The Labute approximate surface area is 109 Å². The van der Waals surface area contributed by atoms with Crippen molar-refractivity contribution in [2.24, 2.45) is 11.8 Å². The van der Waals surface area contributed by atoms with Crippen LogP contribution in [-0.2, 0) is 0 Å². The zero-order valence-corrected chi connectivity index (χ0v) is 10.9. The van der Waals surface area contributed by atoms with Crippen molar-refractivity contribution in [1.82, 2.24) is 4.57 Å². The molecule has 1 aromatic rings. The molecule has 0 bridgehead atoms. The van der Waals surface area contributed by atoms with Gasteiger partial charge < -0.3 is 9.47 Å². The molecule has 0 fully saturated rings. The first-order valence-electron chi connectivity index (χ1n) is 6.44. The Morgan fingerprint density at radius 2 is 1.89 bits per heavy atom. The van der Waals surface area contributed by atoms with E-state index in [0.29, 0.717) is 23.9 Å². The molecule has 4 nitrogen and oxygen atoms in total. The fraction of sp³-hybridized carbons (Fsp3) is 0.769. The minimum absolute atomic E-state index is 0.108. The van der Waals surface area contributed by atoms with Gasteiger partial charge in [0.05, 0.1) is 13.6 Å². The molecule has 2 atom stereocenters. The highest BCUT2D eigenvalue weighted by molar-refractivity contribution is 6.28. The van der Waals surface area contributed by atoms with Crippen molar-refractivity contribution in [2.75, 3.05) is 13.2 Å². The second kappa shape index (κ2) is 3.94. The Bertz CT molecular complexity index is 440. The van der Waals surface area contributed by atoms with Crippen LogP contribution in [0.4, 0.5) is 0 Å². The lowest BCUT2D eigenvalue weighted by Crippen LogP contribution is -2.54. The summed E-state index contributed by atoms with van der Waals surface area (Å²) in [5, 5.41) is 0. The lowest BCUT2D eigenvalue weighted by molar-refractivity contribution is -0.694. The Kier molecular flexibility index (Phi) is 2.61. The third-order valence-corrected chi connectivity index (χ3v) is 3.82. The monoisotopic (exact) mass is 250 g/mol. The van der Waals surface area contributed by atoms with Gasteiger partial charge in [0, 0.05) is 0 Å². The highest BCUT2D eigenvalue weighted by atomic mass is 16.5. The molecule has 0 N–H and O–H groups in total. The first-order chi connectivity index (χ1) is 8.52. The second-order valence-electron chi connectivity index (χ2n) is 5.70. The van der Waals surface area contributed by atoms with Crippen LogP contribution in [0, 0.1) is 11.8 Å². The Morgan fingerprint density at radius 1 is 1.17 bits per heavy atom. The predicted molar refractivity (Wildman–Crippen MR) is 72.9 cm³/mol. The average molecular weight is 250 g/mol. The molecule has 0 saturated carbocycles. The van der Waals surface area contributed by atoms with Gasteiger partial charge in [-0.05, 0) is 11.8 Å². The van der Waals surface area contributed by atoms with Crippen LogP contribution in [0.1, 0.15) is 39.8 Å². The first-order valence-corrected chi connectivity index (χ1v) is 6.44. The minimum atomic E-state index is 0.108. The summed E-state index contributed by atoms with van der Waals surface area (Å²) in [6.07, 6.45) is 0. The zero-order chi connectivity index (χ0) is 13.0. The molecule has 3 rings (SSSR count). The fourth-order valence-corrected chi connectivity index (χ4v) is 2.58. The molecule has 2 aliphatic rings. The van der Waals surface area contributed by atoms with Gasteiger partial charge in [0.15, 0.2) is 0 Å². The van der Waals surface area contributed by atoms with Gasteiger partial charge in [-0.2, -0.15) is 0 Å². The van der Waals surface area contributed by atoms with Crippen molar-refractivity contribution in [3.05, 3.63) is 0 Å². The standard InChI is InChI=1S/C13H23BN2O2/c1-7(2)9-5-17-11-12-16(13(14)15(9)11)10(6-18-12)8(3)4/h7-10H,5-6H2,1-4,14H3/t9-,10-/m1/s1. The van der Waals surface area contributed by atoms with Gasteiger partial charge in [-0.15, -0.1) is 0 Å². The number of aromatic nitrogens is 2. The number of hydrogen-bond acceptors (Lipinski definition) is 2. The van der Waals surface area contributed by atoms with Crippen LogP contribution >= 0.6 is 0 Å². The van der Waals surface area contributed by atoms with Crippen LogP contribution in [0.2, 0.25) is 0 Å². The van der Waals surface area contributed by atoms with Gasteiger partial charge in [0.2, 0.25) is 0 Å². The third kappa shape index (κ3) is 1.42. The Morgan fingerprint density at radius 3 is 2.50 bits per heavy atom. The van der Waals surface area contributed by atoms with Crippen LogP contribution in [-0.4, -0.2) is 25.6 Å². The number of fused-ring (bicyclic) bond motifs is 3. The molecule has 0 amide bonds. The van der Waals surface area contributed by atoms with Crippen molar-refractivity contribution in [2.45, 2.75) is 39.8 Å². The fourth-order valence-electron chi connectivity index (χ4n) is 2.58. The average Bonchev–Trinajstić information content (AvgIpc) is 2.94. The molecule has 5 heteroatoms. The molecule has 100 valence electrons. The summed E-state index contributed by atoms with van der Waals surface area (Å²) >= 11 is 0. The van der Waals surface area contributed by atoms with Gasteiger partial charge >= 0.3 is 11.8 Å². The molecule has 0 saturated heterocycles. The van der Waals surface area contributed by atoms with E-state index in [1.165, 1.54) is 5.72 Å². The normalized spacial score (nSPS) is 25.3. The smallest absolute Gasteiger partial charge is 0.370 e. The first kappa shape index (κ1) is 11.9. The van der Waals surface area contributed by atoms with Crippen molar-refractivity contribution in [3.63, 3.8) is 0 Å². The quantitative estimate of drug-likeness (QED) is 0.543. The number of hydrogen-bond donors (Lipinski definition) is 0. The maximum absolute atomic E-state index is 5.92. The van der Waals surface area contributed by atoms with Gasteiger partial charge in [0.25, 0.3) is 0 Å². The topological polar surface area (TPSA) is 27.3 Å². The predicted octanol–water partition coefficient (Wildman–Crippen LogP) is -0.0547. The van der Waals surface area contributed by atoms with Crippen molar-refractivity contribution >= 4 is 13.6 Å². The van der Waals surface area contributed by atoms with Crippen molar-refractivity contribution < 1.29 is 14.0 Å². The number of imidazole rings is 1. The molecule has 0 aromatic carbocycles. The van der Waals surface area contributed by atoms with Gasteiger partial charge in [-0.25, -0.2) is 9.13 Å². The van der Waals surface area contributed by atoms with Crippen LogP contribution < -0.4 is 19.8 Å². The summed E-state index contributed by atoms with van der Waals surface area (Å²) < 4.78 is 16.7. The van der Waals surface area contributed by atoms with E-state index in [1.807, 2.05) is 0 Å². The summed E-state index contributed by atoms with van der Waals surface area (Å²) in [6.45, 7) is 10.7. The maximum Gasteiger partial charge on any atom is 0.370 e. The lowest BCUT2D eigenvalue weighted by Gasteiger charge is -2.16. The molecule has 18 heavy (non-hydrogen) atoms. The second-order valence-corrected chi connectivity index (χ2v) is 5.70. The third-order valence-electron chi connectivity index (χ3n) is 3.82. The molecular formula is C13H23BN2O2. The van der Waals surface area contributed by atoms with Crippen molar-refractivity contribution in [1.29, 1.82) is 0 Å². The highest BCUT2D eigenvalue weighted by Crippen LogP contribution is 2.39. The summed E-state index contributed by atoms with van der Waals surface area (Å²) in [5.74, 6) is 3.24. The van der Waals surface area contributed by atoms with E-state index in [2.05, 4.69) is 36.8 Å². The van der Waals surface area contributed by atoms with E-state index in [4.69, 9.17) is 9.47 Å². The van der Waals surface area contributed by atoms with Gasteiger partial charge in [0.1, 0.15) is 25.3 Å². The lowest BCUT2D eigenvalue weighted by atomic mass is 10.0. The molecule has 1 aromatic heterocycles. The number of ether oxygens (including phenoxy) is 2. The summed E-state index contributed by atoms with van der Waals surface area (Å²) in [5.41, 5.74) is 1.52. The van der Waals surface area contributed by atoms with Gasteiger partial charge in [-0.1, -0.05) is 27.7 Å². The van der Waals surface area contributed by atoms with Crippen LogP contribution in [0.25, 0.3) is 0 Å². The van der Waals surface area contributed by atoms with Gasteiger partial charge in [-0.3, -0.25) is 0 Å². The highest BCUT2D eigenvalue weighted by Gasteiger charge is 2.45. The van der Waals surface area contributed by atoms with E-state index in [1.54, 1.807) is 0 Å². The summed E-state index contributed by atoms with van der Waals surface area (Å²) in [7, 11) is 0.108. The number of nitrogens with zero attached hydrogens (tertiary/aromatic N) is 2. The summed E-state index contributed by atoms with van der Waals surface area (Å²) in [4.78, 5) is 0. The molecule has 0 aliphatic carbocycles. The molecular weight excluding hydrogens is 227 g/mol. The van der Waals surface area contributed by atoms with E-state index in [9.17, 15) is 0 Å². The van der Waals surface area contributed by atoms with Crippen LogP contribution in [0.3, 0.4) is 0 Å². The van der Waals surface area contributed by atoms with Crippen molar-refractivity contribution in [3.8, 4) is 11.8 Å². The minimum Gasteiger partial charge on any atom is -0.452 e. The van der Waals surface area contributed by atoms with E-state index in [0.717, 1.165) is 25.0 Å². The maximum atomic E-state index is 5.92. The molecule has 0 radical (unpaired) electrons. The SMILES string of the molecule is [BH3-]c1n2c(c3[n+]1[C@@H](C(C)C)CO3)OC[C@@H]2C(C)C. The Hall–Kier alpha value is -1.13. The van der Waals surface area contributed by atoms with Crippen LogP contribution in [0.5, 0.6) is 11.8 Å². The van der Waals surface area contributed by atoms with E-state index in [-0.39, 0.29) is 7.85 Å². The molecule has 0 unspecified atom stereocenters. The Balaban J connectivity index is 2.10. The molecule has 2 aliphatic heterocycles. The molecule has 3 heterocycles. The number of rotatable bonds is 2.